The number of hydrogen-bond donors (Lipinski definition) is 1. The predicted molar refractivity (Wildman–Crippen MR) is 87.9 cm³/mol. The fraction of sp³-hybridized carbons (Fsp3) is 1.00. The van der Waals surface area contributed by atoms with Crippen molar-refractivity contribution in [2.45, 2.75) is 83.5 Å². The molecule has 1 aliphatic rings. The highest BCUT2D eigenvalue weighted by Gasteiger charge is 2.25. The van der Waals surface area contributed by atoms with Crippen molar-refractivity contribution in [2.75, 3.05) is 33.3 Å². The van der Waals surface area contributed by atoms with Crippen LogP contribution in [0.3, 0.4) is 0 Å². The maximum absolute atomic E-state index is 8.69. The van der Waals surface area contributed by atoms with E-state index in [1.54, 1.807) is 0 Å². The number of quaternary nitrogens is 1. The Hall–Kier alpha value is -0.0800. The maximum Gasteiger partial charge on any atom is 0.0786 e. The van der Waals surface area contributed by atoms with Gasteiger partial charge in [-0.25, -0.2) is 0 Å². The number of nitrogens with zero attached hydrogens (tertiary/aromatic N) is 1. The molecule has 1 aliphatic heterocycles. The van der Waals surface area contributed by atoms with Crippen LogP contribution >= 0.6 is 0 Å². The zero-order chi connectivity index (χ0) is 14.5. The van der Waals surface area contributed by atoms with E-state index < -0.39 is 0 Å². The van der Waals surface area contributed by atoms with Gasteiger partial charge >= 0.3 is 0 Å². The lowest BCUT2D eigenvalue weighted by Gasteiger charge is -2.29. The molecule has 0 bridgehead atoms. The molecule has 1 heterocycles. The zero-order valence-electron chi connectivity index (χ0n) is 13.9. The molecule has 0 saturated carbocycles. The summed E-state index contributed by atoms with van der Waals surface area (Å²) in [5, 5.41) is 8.69. The summed E-state index contributed by atoms with van der Waals surface area (Å²) in [5.74, 6) is 0. The number of rotatable bonds is 13. The van der Waals surface area contributed by atoms with Crippen molar-refractivity contribution in [1.82, 2.24) is 0 Å². The van der Waals surface area contributed by atoms with Crippen LogP contribution in [0.25, 0.3) is 0 Å². The van der Waals surface area contributed by atoms with Crippen LogP contribution in [0.2, 0.25) is 0 Å². The first-order chi connectivity index (χ1) is 9.77. The summed E-state index contributed by atoms with van der Waals surface area (Å²) in [6.45, 7) is 4.65. The number of aliphatic hydroxyl groups excluding tert-OH is 1. The largest absolute Gasteiger partial charge is 0.396 e. The molecule has 0 amide bonds. The Morgan fingerprint density at radius 3 is 1.50 bits per heavy atom. The molecule has 1 fully saturated rings. The van der Waals surface area contributed by atoms with Crippen LogP contribution in [0.5, 0.6) is 0 Å². The third-order valence-electron chi connectivity index (χ3n) is 5.00. The van der Waals surface area contributed by atoms with Gasteiger partial charge < -0.3 is 9.59 Å². The van der Waals surface area contributed by atoms with Crippen molar-refractivity contribution in [3.05, 3.63) is 0 Å². The second-order valence-electron chi connectivity index (χ2n) is 7.11. The first kappa shape index (κ1) is 18.0. The molecule has 0 unspecified atom stereocenters. The van der Waals surface area contributed by atoms with Crippen LogP contribution < -0.4 is 0 Å². The highest BCUT2D eigenvalue weighted by Crippen LogP contribution is 2.18. The van der Waals surface area contributed by atoms with E-state index in [0.717, 1.165) is 6.42 Å². The maximum atomic E-state index is 8.69. The zero-order valence-corrected chi connectivity index (χ0v) is 13.9. The van der Waals surface area contributed by atoms with E-state index in [1.807, 2.05) is 0 Å². The van der Waals surface area contributed by atoms with Gasteiger partial charge in [0, 0.05) is 19.4 Å². The lowest BCUT2D eigenvalue weighted by Crippen LogP contribution is -2.41. The third-order valence-corrected chi connectivity index (χ3v) is 5.00. The van der Waals surface area contributed by atoms with E-state index in [4.69, 9.17) is 5.11 Å². The van der Waals surface area contributed by atoms with Crippen LogP contribution in [0.15, 0.2) is 0 Å². The molecular formula is C18H38NO+. The van der Waals surface area contributed by atoms with E-state index in [1.165, 1.54) is 101 Å². The predicted octanol–water partition coefficient (Wildman–Crippen LogP) is 4.51. The molecule has 0 radical (unpaired) electrons. The summed E-state index contributed by atoms with van der Waals surface area (Å²) in [6, 6.07) is 0. The summed E-state index contributed by atoms with van der Waals surface area (Å²) in [4.78, 5) is 0. The minimum atomic E-state index is 0.373. The Bertz CT molecular complexity index is 211. The van der Waals surface area contributed by atoms with Crippen LogP contribution in [0.4, 0.5) is 0 Å². The summed E-state index contributed by atoms with van der Waals surface area (Å²) in [7, 11) is 2.45. The quantitative estimate of drug-likeness (QED) is 0.390. The summed E-state index contributed by atoms with van der Waals surface area (Å²) < 4.78 is 1.36. The van der Waals surface area contributed by atoms with Crippen LogP contribution in [-0.2, 0) is 0 Å². The second kappa shape index (κ2) is 11.6. The van der Waals surface area contributed by atoms with Gasteiger partial charge in [0.05, 0.1) is 26.7 Å². The standard InChI is InChI=1S/C18H38NO/c1-19(16-12-13-17-19)15-11-9-7-5-3-2-4-6-8-10-14-18-20/h20H,2-18H2,1H3/q+1. The molecule has 2 heteroatoms. The fourth-order valence-corrected chi connectivity index (χ4v) is 3.52. The average molecular weight is 285 g/mol. The Kier molecular flexibility index (Phi) is 10.4. The summed E-state index contributed by atoms with van der Waals surface area (Å²) in [6.07, 6.45) is 17.9. The Morgan fingerprint density at radius 1 is 0.650 bits per heavy atom. The first-order valence-corrected chi connectivity index (χ1v) is 9.21. The van der Waals surface area contributed by atoms with Crippen LogP contribution in [0, 0.1) is 0 Å². The Labute approximate surface area is 127 Å². The summed E-state index contributed by atoms with van der Waals surface area (Å²) >= 11 is 0. The molecule has 0 aromatic rings. The molecule has 0 spiro atoms. The molecular weight excluding hydrogens is 246 g/mol. The minimum Gasteiger partial charge on any atom is -0.396 e. The summed E-state index contributed by atoms with van der Waals surface area (Å²) in [5.41, 5.74) is 0. The molecule has 20 heavy (non-hydrogen) atoms. The number of hydrogen-bond acceptors (Lipinski definition) is 1. The number of aliphatic hydroxyl groups is 1. The van der Waals surface area contributed by atoms with Crippen molar-refractivity contribution in [1.29, 1.82) is 0 Å². The number of unbranched alkanes of at least 4 members (excludes halogenated alkanes) is 10. The van der Waals surface area contributed by atoms with Gasteiger partial charge in [-0.2, -0.15) is 0 Å². The van der Waals surface area contributed by atoms with E-state index in [9.17, 15) is 0 Å². The lowest BCUT2D eigenvalue weighted by atomic mass is 10.1. The van der Waals surface area contributed by atoms with Gasteiger partial charge in [-0.3, -0.25) is 0 Å². The van der Waals surface area contributed by atoms with Crippen molar-refractivity contribution in [2.24, 2.45) is 0 Å². The normalized spacial score (nSPS) is 17.7. The molecule has 1 saturated heterocycles. The van der Waals surface area contributed by atoms with Crippen molar-refractivity contribution in [3.8, 4) is 0 Å². The smallest absolute Gasteiger partial charge is 0.0786 e. The van der Waals surface area contributed by atoms with Gasteiger partial charge in [0.15, 0.2) is 0 Å². The monoisotopic (exact) mass is 284 g/mol. The minimum absolute atomic E-state index is 0.373. The lowest BCUT2D eigenvalue weighted by molar-refractivity contribution is -0.897. The van der Waals surface area contributed by atoms with Gasteiger partial charge in [0.25, 0.3) is 0 Å². The van der Waals surface area contributed by atoms with Crippen molar-refractivity contribution in [3.63, 3.8) is 0 Å². The molecule has 120 valence electrons. The Balaban J connectivity index is 1.74. The van der Waals surface area contributed by atoms with Gasteiger partial charge in [-0.15, -0.1) is 0 Å². The molecule has 0 aromatic heterocycles. The molecule has 0 aliphatic carbocycles. The molecule has 0 atom stereocenters. The second-order valence-corrected chi connectivity index (χ2v) is 7.11. The van der Waals surface area contributed by atoms with Gasteiger partial charge in [-0.1, -0.05) is 51.4 Å². The molecule has 0 aromatic carbocycles. The van der Waals surface area contributed by atoms with Crippen molar-refractivity contribution < 1.29 is 9.59 Å². The molecule has 1 N–H and O–H groups in total. The van der Waals surface area contributed by atoms with E-state index in [-0.39, 0.29) is 0 Å². The fourth-order valence-electron chi connectivity index (χ4n) is 3.52. The van der Waals surface area contributed by atoms with E-state index in [2.05, 4.69) is 7.05 Å². The van der Waals surface area contributed by atoms with Gasteiger partial charge in [0.1, 0.15) is 0 Å². The SMILES string of the molecule is C[N+]1(CCCCCCCCCCCCCO)CCCC1. The van der Waals surface area contributed by atoms with Crippen molar-refractivity contribution >= 4 is 0 Å². The Morgan fingerprint density at radius 2 is 1.05 bits per heavy atom. The number of likely N-dealkylation sites (tertiary alicyclic amines) is 1. The van der Waals surface area contributed by atoms with Crippen LogP contribution in [0.1, 0.15) is 83.5 Å². The molecule has 1 rings (SSSR count). The van der Waals surface area contributed by atoms with Gasteiger partial charge in [-0.05, 0) is 19.3 Å². The molecule has 2 nitrogen and oxygen atoms in total. The van der Waals surface area contributed by atoms with Crippen LogP contribution in [-0.4, -0.2) is 42.9 Å². The van der Waals surface area contributed by atoms with E-state index in [0.29, 0.717) is 6.61 Å². The first-order valence-electron chi connectivity index (χ1n) is 9.21. The highest BCUT2D eigenvalue weighted by atomic mass is 16.2. The average Bonchev–Trinajstić information content (AvgIpc) is 2.87. The highest BCUT2D eigenvalue weighted by molar-refractivity contribution is 4.53. The van der Waals surface area contributed by atoms with E-state index >= 15 is 0 Å². The topological polar surface area (TPSA) is 20.2 Å². The van der Waals surface area contributed by atoms with Gasteiger partial charge in [0.2, 0.25) is 0 Å². The third kappa shape index (κ3) is 8.97.